The van der Waals surface area contributed by atoms with Crippen molar-refractivity contribution in [3.63, 3.8) is 0 Å². The van der Waals surface area contributed by atoms with Crippen LogP contribution in [0.3, 0.4) is 0 Å². The zero-order valence-corrected chi connectivity index (χ0v) is 15.3. The van der Waals surface area contributed by atoms with Crippen LogP contribution in [0.4, 0.5) is 13.2 Å². The lowest BCUT2D eigenvalue weighted by Gasteiger charge is -2.43. The number of aromatic hydroxyl groups is 1. The van der Waals surface area contributed by atoms with Gasteiger partial charge in [-0.15, -0.1) is 0 Å². The van der Waals surface area contributed by atoms with Crippen LogP contribution >= 0.6 is 0 Å². The Labute approximate surface area is 157 Å². The number of rotatable bonds is 3. The van der Waals surface area contributed by atoms with Gasteiger partial charge >= 0.3 is 6.18 Å². The van der Waals surface area contributed by atoms with Crippen molar-refractivity contribution in [2.24, 2.45) is 11.8 Å². The number of phenolic OH excluding ortho intramolecular Hbond substituents is 1. The number of fused-ring (bicyclic) bond motifs is 3. The molecule has 3 aliphatic carbocycles. The Morgan fingerprint density at radius 2 is 1.93 bits per heavy atom. The number of hydrogen-bond acceptors (Lipinski definition) is 2. The molecule has 146 valence electrons. The summed E-state index contributed by atoms with van der Waals surface area (Å²) in [5.74, 6) is 0.847. The maximum absolute atomic E-state index is 12.9. The molecule has 2 bridgehead atoms. The summed E-state index contributed by atoms with van der Waals surface area (Å²) in [6.07, 6.45) is 4.26. The molecule has 1 N–H and O–H groups in total. The van der Waals surface area contributed by atoms with Crippen molar-refractivity contribution in [2.45, 2.75) is 57.5 Å². The molecular weight excluding hydrogens is 353 g/mol. The van der Waals surface area contributed by atoms with Crippen molar-refractivity contribution in [1.29, 1.82) is 0 Å². The van der Waals surface area contributed by atoms with E-state index >= 15 is 0 Å². The van der Waals surface area contributed by atoms with Crippen LogP contribution in [0.1, 0.15) is 56.9 Å². The van der Waals surface area contributed by atoms with Gasteiger partial charge in [0.1, 0.15) is 11.5 Å². The molecule has 0 heterocycles. The summed E-state index contributed by atoms with van der Waals surface area (Å²) in [4.78, 5) is 0. The summed E-state index contributed by atoms with van der Waals surface area (Å²) >= 11 is 0. The number of phenols is 1. The summed E-state index contributed by atoms with van der Waals surface area (Å²) in [5.41, 5.74) is 4.59. The summed E-state index contributed by atoms with van der Waals surface area (Å²) in [7, 11) is 0. The number of benzene rings is 1. The molecule has 1 aromatic rings. The monoisotopic (exact) mass is 378 g/mol. The molecule has 0 aliphatic heterocycles. The number of halogens is 3. The van der Waals surface area contributed by atoms with Crippen molar-refractivity contribution in [3.05, 3.63) is 46.5 Å². The molecule has 1 aromatic carbocycles. The number of hydrogen-bond donors (Lipinski definition) is 1. The van der Waals surface area contributed by atoms with Crippen molar-refractivity contribution in [3.8, 4) is 5.75 Å². The van der Waals surface area contributed by atoms with Gasteiger partial charge in [-0.25, -0.2) is 0 Å². The van der Waals surface area contributed by atoms with E-state index in [0.717, 1.165) is 50.5 Å². The molecule has 4 rings (SSSR count). The Morgan fingerprint density at radius 1 is 1.11 bits per heavy atom. The molecule has 2 atom stereocenters. The number of allylic oxidation sites excluding steroid dienone is 3. The number of alkyl halides is 3. The van der Waals surface area contributed by atoms with Gasteiger partial charge in [-0.05, 0) is 68.6 Å². The molecule has 1 saturated carbocycles. The van der Waals surface area contributed by atoms with E-state index in [0.29, 0.717) is 11.3 Å². The van der Waals surface area contributed by atoms with E-state index in [2.05, 4.69) is 0 Å². The molecule has 0 saturated heterocycles. The summed E-state index contributed by atoms with van der Waals surface area (Å²) in [6, 6.07) is 6.43. The van der Waals surface area contributed by atoms with Crippen LogP contribution in [0.25, 0.3) is 5.76 Å². The number of ether oxygens (including phenoxy) is 1. The smallest absolute Gasteiger partial charge is 0.422 e. The van der Waals surface area contributed by atoms with Crippen molar-refractivity contribution in [2.75, 3.05) is 6.61 Å². The van der Waals surface area contributed by atoms with E-state index in [1.807, 2.05) is 0 Å². The third-order valence-corrected chi connectivity index (χ3v) is 6.15. The van der Waals surface area contributed by atoms with Crippen LogP contribution in [0, 0.1) is 11.8 Å². The normalized spacial score (nSPS) is 27.2. The average Bonchev–Trinajstić information content (AvgIpc) is 2.61. The van der Waals surface area contributed by atoms with Gasteiger partial charge in [0.25, 0.3) is 0 Å². The van der Waals surface area contributed by atoms with Crippen LogP contribution in [-0.4, -0.2) is 17.9 Å². The molecule has 1 fully saturated rings. The first-order chi connectivity index (χ1) is 12.9. The highest BCUT2D eigenvalue weighted by Gasteiger charge is 2.40. The van der Waals surface area contributed by atoms with Crippen LogP contribution in [0.2, 0.25) is 0 Å². The Hall–Kier alpha value is -1.91. The van der Waals surface area contributed by atoms with Crippen molar-refractivity contribution < 1.29 is 23.0 Å². The highest BCUT2D eigenvalue weighted by atomic mass is 19.4. The second-order valence-corrected chi connectivity index (χ2v) is 7.96. The van der Waals surface area contributed by atoms with Gasteiger partial charge in [0, 0.05) is 11.5 Å². The standard InChI is InChI=1S/C22H25F3O2/c23-22(24,25)13-27-21(16-7-3-8-17(26)12-16)20-15-6-4-10-19(20)18-9-2-1-5-14(18)11-15/h3,7-8,12,15,19,26H,1-2,4-6,9-11,13H2/b21-20+. The lowest BCUT2D eigenvalue weighted by Crippen LogP contribution is -2.30. The lowest BCUT2D eigenvalue weighted by atomic mass is 9.62. The summed E-state index contributed by atoms with van der Waals surface area (Å²) < 4.78 is 44.2. The van der Waals surface area contributed by atoms with E-state index in [4.69, 9.17) is 4.74 Å². The molecule has 0 radical (unpaired) electrons. The average molecular weight is 378 g/mol. The van der Waals surface area contributed by atoms with Gasteiger partial charge < -0.3 is 9.84 Å². The van der Waals surface area contributed by atoms with Gasteiger partial charge in [0.2, 0.25) is 0 Å². The fourth-order valence-corrected chi connectivity index (χ4v) is 5.16. The molecule has 0 spiro atoms. The first kappa shape index (κ1) is 18.5. The van der Waals surface area contributed by atoms with Crippen LogP contribution in [0.5, 0.6) is 5.75 Å². The van der Waals surface area contributed by atoms with Crippen molar-refractivity contribution >= 4 is 5.76 Å². The molecule has 2 unspecified atom stereocenters. The Kier molecular flexibility index (Phi) is 4.95. The molecule has 0 amide bonds. The highest BCUT2D eigenvalue weighted by Crippen LogP contribution is 2.53. The minimum atomic E-state index is -4.39. The SMILES string of the molecule is Oc1cccc(/C(OCC(F)(F)F)=C2/C3CCCC2C2=C(CCCC2)C3)c1. The fraction of sp³-hybridized carbons (Fsp3) is 0.545. The zero-order valence-electron chi connectivity index (χ0n) is 15.3. The second-order valence-electron chi connectivity index (χ2n) is 7.96. The third kappa shape index (κ3) is 3.87. The predicted octanol–water partition coefficient (Wildman–Crippen LogP) is 6.37. The zero-order chi connectivity index (χ0) is 19.0. The first-order valence-electron chi connectivity index (χ1n) is 9.86. The van der Waals surface area contributed by atoms with E-state index in [9.17, 15) is 18.3 Å². The minimum Gasteiger partial charge on any atom is -0.508 e. The summed E-state index contributed by atoms with van der Waals surface area (Å²) in [6.45, 7) is -1.30. The largest absolute Gasteiger partial charge is 0.508 e. The Morgan fingerprint density at radius 3 is 2.70 bits per heavy atom. The van der Waals surface area contributed by atoms with E-state index in [1.165, 1.54) is 24.1 Å². The maximum Gasteiger partial charge on any atom is 0.422 e. The van der Waals surface area contributed by atoms with Crippen LogP contribution < -0.4 is 0 Å². The van der Waals surface area contributed by atoms with Crippen molar-refractivity contribution in [1.82, 2.24) is 0 Å². The van der Waals surface area contributed by atoms with Gasteiger partial charge in [-0.1, -0.05) is 29.7 Å². The molecule has 0 aromatic heterocycles. The molecule has 3 aliphatic rings. The van der Waals surface area contributed by atoms with Gasteiger partial charge in [0.15, 0.2) is 6.61 Å². The molecular formula is C22H25F3O2. The van der Waals surface area contributed by atoms with Gasteiger partial charge in [-0.2, -0.15) is 13.2 Å². The fourth-order valence-electron chi connectivity index (χ4n) is 5.16. The quantitative estimate of drug-likeness (QED) is 0.489. The Balaban J connectivity index is 1.81. The molecule has 27 heavy (non-hydrogen) atoms. The van der Waals surface area contributed by atoms with Gasteiger partial charge in [0.05, 0.1) is 0 Å². The third-order valence-electron chi connectivity index (χ3n) is 6.15. The topological polar surface area (TPSA) is 29.5 Å². The predicted molar refractivity (Wildman–Crippen MR) is 98.0 cm³/mol. The Bertz CT molecular complexity index is 776. The molecule has 5 heteroatoms. The van der Waals surface area contributed by atoms with E-state index in [1.54, 1.807) is 17.7 Å². The maximum atomic E-state index is 12.9. The summed E-state index contributed by atoms with van der Waals surface area (Å²) in [5, 5.41) is 9.87. The van der Waals surface area contributed by atoms with Crippen LogP contribution in [0.15, 0.2) is 41.0 Å². The highest BCUT2D eigenvalue weighted by molar-refractivity contribution is 5.67. The molecule has 2 nitrogen and oxygen atoms in total. The lowest BCUT2D eigenvalue weighted by molar-refractivity contribution is -0.158. The second kappa shape index (κ2) is 7.25. The van der Waals surface area contributed by atoms with Gasteiger partial charge in [-0.3, -0.25) is 0 Å². The van der Waals surface area contributed by atoms with E-state index < -0.39 is 12.8 Å². The minimum absolute atomic E-state index is 0.0414. The first-order valence-corrected chi connectivity index (χ1v) is 9.86. The van der Waals surface area contributed by atoms with E-state index in [-0.39, 0.29) is 17.6 Å². The van der Waals surface area contributed by atoms with Crippen LogP contribution in [-0.2, 0) is 4.74 Å².